The van der Waals surface area contributed by atoms with E-state index in [9.17, 15) is 0 Å². The average Bonchev–Trinajstić information content (AvgIpc) is 2.29. The molecule has 0 atom stereocenters. The number of nitrogens with zero attached hydrogens (tertiary/aromatic N) is 3. The fourth-order valence-corrected chi connectivity index (χ4v) is 1.28. The third-order valence-electron chi connectivity index (χ3n) is 2.06. The molecule has 15 heavy (non-hydrogen) atoms. The zero-order valence-electron chi connectivity index (χ0n) is 8.73. The molecule has 0 aliphatic rings. The molecule has 0 aliphatic carbocycles. The fraction of sp³-hybridized carbons (Fsp3) is 0.182. The number of aromatic nitrogens is 3. The van der Waals surface area contributed by atoms with Gasteiger partial charge in [-0.25, -0.2) is 9.97 Å². The van der Waals surface area contributed by atoms with Crippen LogP contribution in [0.4, 0.5) is 5.82 Å². The summed E-state index contributed by atoms with van der Waals surface area (Å²) in [6, 6.07) is 5.74. The standard InChI is InChI=1S/C11H12N4/c1-8-3-5-13-9(7-8)11-14-6-4-10(12-2)15-11/h3-7H,1-2H3,(H,12,14,15). The summed E-state index contributed by atoms with van der Waals surface area (Å²) in [5, 5.41) is 2.97. The number of anilines is 1. The van der Waals surface area contributed by atoms with Gasteiger partial charge in [-0.1, -0.05) is 0 Å². The Morgan fingerprint density at radius 2 is 1.93 bits per heavy atom. The minimum Gasteiger partial charge on any atom is -0.373 e. The van der Waals surface area contributed by atoms with Gasteiger partial charge in [-0.15, -0.1) is 0 Å². The highest BCUT2D eigenvalue weighted by Gasteiger charge is 2.02. The summed E-state index contributed by atoms with van der Waals surface area (Å²) in [6.45, 7) is 2.02. The van der Waals surface area contributed by atoms with Gasteiger partial charge < -0.3 is 5.32 Å². The molecule has 4 nitrogen and oxygen atoms in total. The molecule has 0 radical (unpaired) electrons. The first-order valence-electron chi connectivity index (χ1n) is 4.73. The Balaban J connectivity index is 2.44. The minimum absolute atomic E-state index is 0.644. The van der Waals surface area contributed by atoms with Crippen molar-refractivity contribution >= 4 is 5.82 Å². The molecular weight excluding hydrogens is 188 g/mol. The first-order chi connectivity index (χ1) is 7.29. The third kappa shape index (κ3) is 2.10. The summed E-state index contributed by atoms with van der Waals surface area (Å²) in [7, 11) is 1.83. The zero-order chi connectivity index (χ0) is 10.7. The Hall–Kier alpha value is -1.97. The second kappa shape index (κ2) is 4.04. The molecule has 0 bridgehead atoms. The Morgan fingerprint density at radius 3 is 2.67 bits per heavy atom. The molecule has 2 heterocycles. The van der Waals surface area contributed by atoms with E-state index in [1.54, 1.807) is 12.4 Å². The molecule has 0 saturated heterocycles. The molecule has 0 fully saturated rings. The van der Waals surface area contributed by atoms with Gasteiger partial charge in [0, 0.05) is 19.4 Å². The second-order valence-electron chi connectivity index (χ2n) is 3.23. The summed E-state index contributed by atoms with van der Waals surface area (Å²) in [5.41, 5.74) is 1.95. The van der Waals surface area contributed by atoms with Crippen molar-refractivity contribution in [2.45, 2.75) is 6.92 Å². The Labute approximate surface area is 88.4 Å². The maximum Gasteiger partial charge on any atom is 0.180 e. The Kier molecular flexibility index (Phi) is 2.58. The van der Waals surface area contributed by atoms with Crippen LogP contribution in [0.5, 0.6) is 0 Å². The van der Waals surface area contributed by atoms with Crippen LogP contribution in [-0.4, -0.2) is 22.0 Å². The van der Waals surface area contributed by atoms with Gasteiger partial charge >= 0.3 is 0 Å². The van der Waals surface area contributed by atoms with Crippen molar-refractivity contribution in [3.63, 3.8) is 0 Å². The average molecular weight is 200 g/mol. The molecular formula is C11H12N4. The molecule has 2 rings (SSSR count). The molecule has 0 saturated carbocycles. The molecule has 0 amide bonds. The SMILES string of the molecule is CNc1ccnc(-c2cc(C)ccn2)n1. The van der Waals surface area contributed by atoms with E-state index < -0.39 is 0 Å². The van der Waals surface area contributed by atoms with Crippen LogP contribution in [0.25, 0.3) is 11.5 Å². The highest BCUT2D eigenvalue weighted by Crippen LogP contribution is 2.14. The predicted molar refractivity (Wildman–Crippen MR) is 59.5 cm³/mol. The first kappa shape index (κ1) is 9.58. The maximum absolute atomic E-state index is 4.32. The lowest BCUT2D eigenvalue weighted by atomic mass is 10.2. The van der Waals surface area contributed by atoms with Crippen LogP contribution >= 0.6 is 0 Å². The largest absolute Gasteiger partial charge is 0.373 e. The number of pyridine rings is 1. The molecule has 76 valence electrons. The summed E-state index contributed by atoms with van der Waals surface area (Å²) >= 11 is 0. The minimum atomic E-state index is 0.644. The van der Waals surface area contributed by atoms with E-state index in [2.05, 4.69) is 20.3 Å². The fourth-order valence-electron chi connectivity index (χ4n) is 1.28. The monoisotopic (exact) mass is 200 g/mol. The van der Waals surface area contributed by atoms with Crippen LogP contribution in [0.3, 0.4) is 0 Å². The number of hydrogen-bond acceptors (Lipinski definition) is 4. The normalized spacial score (nSPS) is 10.0. The van der Waals surface area contributed by atoms with Gasteiger partial charge in [-0.2, -0.15) is 0 Å². The molecule has 0 aliphatic heterocycles. The van der Waals surface area contributed by atoms with E-state index in [-0.39, 0.29) is 0 Å². The molecule has 2 aromatic heterocycles. The lowest BCUT2D eigenvalue weighted by Crippen LogP contribution is -1.97. The van der Waals surface area contributed by atoms with Gasteiger partial charge in [0.15, 0.2) is 5.82 Å². The number of nitrogens with one attached hydrogen (secondary N) is 1. The van der Waals surface area contributed by atoms with Crippen LogP contribution in [-0.2, 0) is 0 Å². The smallest absolute Gasteiger partial charge is 0.180 e. The lowest BCUT2D eigenvalue weighted by Gasteiger charge is -2.02. The van der Waals surface area contributed by atoms with E-state index in [0.29, 0.717) is 5.82 Å². The first-order valence-corrected chi connectivity index (χ1v) is 4.73. The summed E-state index contributed by atoms with van der Waals surface area (Å²) < 4.78 is 0. The van der Waals surface area contributed by atoms with Gasteiger partial charge in [0.25, 0.3) is 0 Å². The van der Waals surface area contributed by atoms with Crippen LogP contribution < -0.4 is 5.32 Å². The van der Waals surface area contributed by atoms with Crippen LogP contribution in [0.2, 0.25) is 0 Å². The van der Waals surface area contributed by atoms with E-state index in [0.717, 1.165) is 17.1 Å². The van der Waals surface area contributed by atoms with Crippen LogP contribution in [0.1, 0.15) is 5.56 Å². The topological polar surface area (TPSA) is 50.7 Å². The van der Waals surface area contributed by atoms with Crippen molar-refractivity contribution in [2.75, 3.05) is 12.4 Å². The second-order valence-corrected chi connectivity index (χ2v) is 3.23. The van der Waals surface area contributed by atoms with Crippen molar-refractivity contribution < 1.29 is 0 Å². The van der Waals surface area contributed by atoms with Gasteiger partial charge in [-0.3, -0.25) is 4.98 Å². The number of aryl methyl sites for hydroxylation is 1. The predicted octanol–water partition coefficient (Wildman–Crippen LogP) is 1.89. The van der Waals surface area contributed by atoms with E-state index in [4.69, 9.17) is 0 Å². The van der Waals surface area contributed by atoms with Crippen LogP contribution in [0, 0.1) is 6.92 Å². The lowest BCUT2D eigenvalue weighted by molar-refractivity contribution is 1.13. The maximum atomic E-state index is 4.32. The zero-order valence-corrected chi connectivity index (χ0v) is 8.73. The van der Waals surface area contributed by atoms with Gasteiger partial charge in [0.2, 0.25) is 0 Å². The molecule has 4 heteroatoms. The summed E-state index contributed by atoms with van der Waals surface area (Å²) in [6.07, 6.45) is 3.48. The molecule has 2 aromatic rings. The van der Waals surface area contributed by atoms with Gasteiger partial charge in [0.05, 0.1) is 0 Å². The van der Waals surface area contributed by atoms with Crippen molar-refractivity contribution in [2.24, 2.45) is 0 Å². The third-order valence-corrected chi connectivity index (χ3v) is 2.06. The molecule has 0 aromatic carbocycles. The Bertz CT molecular complexity index is 468. The van der Waals surface area contributed by atoms with Crippen molar-refractivity contribution in [1.82, 2.24) is 15.0 Å². The van der Waals surface area contributed by atoms with Gasteiger partial charge in [0.1, 0.15) is 11.5 Å². The quantitative estimate of drug-likeness (QED) is 0.804. The molecule has 0 spiro atoms. The Morgan fingerprint density at radius 1 is 1.13 bits per heavy atom. The van der Waals surface area contributed by atoms with Crippen molar-refractivity contribution in [3.05, 3.63) is 36.2 Å². The van der Waals surface area contributed by atoms with Crippen LogP contribution in [0.15, 0.2) is 30.6 Å². The van der Waals surface area contributed by atoms with Crippen molar-refractivity contribution in [3.8, 4) is 11.5 Å². The number of rotatable bonds is 2. The molecule has 1 N–H and O–H groups in total. The summed E-state index contributed by atoms with van der Waals surface area (Å²) in [5.74, 6) is 1.44. The van der Waals surface area contributed by atoms with Crippen molar-refractivity contribution in [1.29, 1.82) is 0 Å². The summed E-state index contributed by atoms with van der Waals surface area (Å²) in [4.78, 5) is 12.7. The highest BCUT2D eigenvalue weighted by molar-refractivity contribution is 5.52. The molecule has 0 unspecified atom stereocenters. The van der Waals surface area contributed by atoms with E-state index >= 15 is 0 Å². The van der Waals surface area contributed by atoms with E-state index in [1.165, 1.54) is 0 Å². The van der Waals surface area contributed by atoms with Gasteiger partial charge in [-0.05, 0) is 30.7 Å². The van der Waals surface area contributed by atoms with E-state index in [1.807, 2.05) is 32.2 Å². The highest BCUT2D eigenvalue weighted by atomic mass is 15.0. The number of hydrogen-bond donors (Lipinski definition) is 1.